The number of nitrogens with zero attached hydrogens (tertiary/aromatic N) is 1. The van der Waals surface area contributed by atoms with Crippen molar-refractivity contribution < 1.29 is 18.0 Å². The van der Waals surface area contributed by atoms with E-state index in [1.54, 1.807) is 32.9 Å². The van der Waals surface area contributed by atoms with E-state index in [0.717, 1.165) is 13.1 Å². The number of piperidine rings is 1. The van der Waals surface area contributed by atoms with Crippen molar-refractivity contribution in [2.45, 2.75) is 38.4 Å². The number of alkyl halides is 3. The van der Waals surface area contributed by atoms with Gasteiger partial charge in [0.15, 0.2) is 0 Å². The summed E-state index contributed by atoms with van der Waals surface area (Å²) >= 11 is 0. The van der Waals surface area contributed by atoms with Gasteiger partial charge in [0.2, 0.25) is 5.91 Å². The summed E-state index contributed by atoms with van der Waals surface area (Å²) in [5.41, 5.74) is 0.111. The molecule has 5 atom stereocenters. The van der Waals surface area contributed by atoms with Crippen molar-refractivity contribution in [3.05, 3.63) is 23.0 Å². The fourth-order valence-electron chi connectivity index (χ4n) is 4.59. The van der Waals surface area contributed by atoms with Gasteiger partial charge in [0, 0.05) is 11.5 Å². The van der Waals surface area contributed by atoms with Gasteiger partial charge < -0.3 is 10.6 Å². The number of aromatic nitrogens is 2. The Morgan fingerprint density at radius 3 is 2.54 bits per heavy atom. The van der Waals surface area contributed by atoms with Gasteiger partial charge in [-0.1, -0.05) is 19.1 Å². The number of amides is 1. The number of hydrogen-bond acceptors (Lipinski definition) is 3. The van der Waals surface area contributed by atoms with E-state index in [1.807, 2.05) is 0 Å². The molecule has 0 aromatic carbocycles. The summed E-state index contributed by atoms with van der Waals surface area (Å²) in [7, 11) is 0. The fourth-order valence-corrected chi connectivity index (χ4v) is 4.59. The zero-order valence-corrected chi connectivity index (χ0v) is 14.9. The summed E-state index contributed by atoms with van der Waals surface area (Å²) < 4.78 is 40.4. The number of hydrogen-bond donors (Lipinski definition) is 3. The molecule has 26 heavy (non-hydrogen) atoms. The Bertz CT molecular complexity index is 757. The molecule has 3 N–H and O–H groups in total. The smallest absolute Gasteiger partial charge is 0.345 e. The number of allylic oxidation sites excluding steroid dienone is 1. The second-order valence-corrected chi connectivity index (χ2v) is 8.26. The van der Waals surface area contributed by atoms with Crippen LogP contribution in [0.25, 0.3) is 6.08 Å². The minimum Gasteiger partial charge on any atom is -0.345 e. The molecule has 8 heteroatoms. The average molecular weight is 368 g/mol. The highest BCUT2D eigenvalue weighted by atomic mass is 19.4. The van der Waals surface area contributed by atoms with Gasteiger partial charge in [0.05, 0.1) is 16.9 Å². The van der Waals surface area contributed by atoms with Gasteiger partial charge in [0.1, 0.15) is 5.92 Å². The Balaban J connectivity index is 1.59. The molecule has 1 saturated heterocycles. The van der Waals surface area contributed by atoms with Crippen molar-refractivity contribution in [1.29, 1.82) is 0 Å². The van der Waals surface area contributed by atoms with E-state index in [1.165, 1.54) is 0 Å². The SMILES string of the molecule is CC1C=Cc2c(C(C)(C)NC(=O)C3[C@H]4CNC[C@@H]34)n[nH]c2C1C(F)(F)F. The number of carbonyl (C=O) groups is 1. The molecule has 2 heterocycles. The van der Waals surface area contributed by atoms with Gasteiger partial charge in [-0.25, -0.2) is 0 Å². The normalized spacial score (nSPS) is 32.9. The summed E-state index contributed by atoms with van der Waals surface area (Å²) in [6, 6.07) is 0. The standard InChI is InChI=1S/C18H23F3N4O/c1-8-4-5-9-14(13(8)18(19,20)21)24-25-15(9)17(2,3)23-16(26)12-10-6-22-7-11(10)12/h4-5,8,10-13,22H,6-7H2,1-3H3,(H,23,26)(H,24,25)/t8?,10-,11+,12?,13?. The lowest BCUT2D eigenvalue weighted by Gasteiger charge is -2.29. The van der Waals surface area contributed by atoms with Gasteiger partial charge in [-0.2, -0.15) is 18.3 Å². The molecule has 142 valence electrons. The molecule has 1 aromatic rings. The summed E-state index contributed by atoms with van der Waals surface area (Å²) in [5.74, 6) is -1.54. The van der Waals surface area contributed by atoms with Gasteiger partial charge in [-0.3, -0.25) is 9.89 Å². The monoisotopic (exact) mass is 368 g/mol. The lowest BCUT2D eigenvalue weighted by atomic mass is 9.81. The molecule has 4 rings (SSSR count). The highest BCUT2D eigenvalue weighted by molar-refractivity contribution is 5.83. The lowest BCUT2D eigenvalue weighted by Crippen LogP contribution is -2.44. The van der Waals surface area contributed by atoms with Crippen LogP contribution < -0.4 is 10.6 Å². The molecule has 1 aliphatic heterocycles. The Kier molecular flexibility index (Phi) is 3.77. The van der Waals surface area contributed by atoms with E-state index in [-0.39, 0.29) is 17.5 Å². The highest BCUT2D eigenvalue weighted by Crippen LogP contribution is 2.49. The van der Waals surface area contributed by atoms with Crippen molar-refractivity contribution in [2.24, 2.45) is 23.7 Å². The number of aromatic amines is 1. The Morgan fingerprint density at radius 2 is 1.92 bits per heavy atom. The first kappa shape index (κ1) is 17.6. The molecular weight excluding hydrogens is 345 g/mol. The van der Waals surface area contributed by atoms with Crippen molar-refractivity contribution in [2.75, 3.05) is 13.1 Å². The topological polar surface area (TPSA) is 69.8 Å². The van der Waals surface area contributed by atoms with Crippen molar-refractivity contribution in [3.63, 3.8) is 0 Å². The molecule has 0 radical (unpaired) electrons. The first-order valence-corrected chi connectivity index (χ1v) is 8.97. The van der Waals surface area contributed by atoms with Gasteiger partial charge >= 0.3 is 6.18 Å². The Morgan fingerprint density at radius 1 is 1.27 bits per heavy atom. The fraction of sp³-hybridized carbons (Fsp3) is 0.667. The molecule has 2 fully saturated rings. The zero-order chi connectivity index (χ0) is 18.9. The van der Waals surface area contributed by atoms with Crippen LogP contribution in [-0.2, 0) is 10.3 Å². The molecule has 3 aliphatic rings. The molecule has 3 unspecified atom stereocenters. The van der Waals surface area contributed by atoms with E-state index in [9.17, 15) is 18.0 Å². The minimum absolute atomic E-state index is 0.00350. The predicted octanol–water partition coefficient (Wildman–Crippen LogP) is 2.54. The van der Waals surface area contributed by atoms with Crippen LogP contribution in [0.5, 0.6) is 0 Å². The van der Waals surface area contributed by atoms with Crippen molar-refractivity contribution in [1.82, 2.24) is 20.8 Å². The molecule has 0 spiro atoms. The van der Waals surface area contributed by atoms with Crippen LogP contribution in [-0.4, -0.2) is 35.4 Å². The third-order valence-corrected chi connectivity index (χ3v) is 6.01. The first-order chi connectivity index (χ1) is 12.1. The van der Waals surface area contributed by atoms with E-state index < -0.39 is 23.6 Å². The first-order valence-electron chi connectivity index (χ1n) is 8.97. The molecule has 5 nitrogen and oxygen atoms in total. The van der Waals surface area contributed by atoms with Crippen molar-refractivity contribution >= 4 is 12.0 Å². The maximum Gasteiger partial charge on any atom is 0.397 e. The molecule has 1 aromatic heterocycles. The van der Waals surface area contributed by atoms with Crippen LogP contribution >= 0.6 is 0 Å². The highest BCUT2D eigenvalue weighted by Gasteiger charge is 2.57. The number of rotatable bonds is 3. The summed E-state index contributed by atoms with van der Waals surface area (Å²) in [6.45, 7) is 6.83. The van der Waals surface area contributed by atoms with E-state index in [2.05, 4.69) is 20.8 Å². The number of carbonyl (C=O) groups excluding carboxylic acids is 1. The predicted molar refractivity (Wildman–Crippen MR) is 90.1 cm³/mol. The second kappa shape index (κ2) is 5.58. The number of nitrogens with one attached hydrogen (secondary N) is 3. The molecule has 2 aliphatic carbocycles. The number of fused-ring (bicyclic) bond motifs is 2. The summed E-state index contributed by atoms with van der Waals surface area (Å²) in [6.07, 6.45) is -1.10. The Labute approximate surface area is 149 Å². The zero-order valence-electron chi connectivity index (χ0n) is 14.9. The molecular formula is C18H23F3N4O. The third-order valence-electron chi connectivity index (χ3n) is 6.01. The third kappa shape index (κ3) is 2.66. The lowest BCUT2D eigenvalue weighted by molar-refractivity contribution is -0.158. The number of halogens is 3. The largest absolute Gasteiger partial charge is 0.397 e. The quantitative estimate of drug-likeness (QED) is 0.768. The van der Waals surface area contributed by atoms with Gasteiger partial charge in [-0.15, -0.1) is 0 Å². The van der Waals surface area contributed by atoms with Gasteiger partial charge in [0.25, 0.3) is 0 Å². The molecule has 1 saturated carbocycles. The van der Waals surface area contributed by atoms with E-state index in [4.69, 9.17) is 0 Å². The van der Waals surface area contributed by atoms with Crippen molar-refractivity contribution in [3.8, 4) is 0 Å². The maximum atomic E-state index is 13.5. The summed E-state index contributed by atoms with van der Waals surface area (Å²) in [5, 5.41) is 13.0. The van der Waals surface area contributed by atoms with Crippen LogP contribution in [0.15, 0.2) is 6.08 Å². The minimum atomic E-state index is -4.35. The Hall–Kier alpha value is -1.83. The maximum absolute atomic E-state index is 13.5. The van der Waals surface area contributed by atoms with Crippen LogP contribution in [0.4, 0.5) is 13.2 Å². The van der Waals surface area contributed by atoms with Crippen LogP contribution in [0.2, 0.25) is 0 Å². The van der Waals surface area contributed by atoms with Gasteiger partial charge in [-0.05, 0) is 44.7 Å². The number of H-pyrrole nitrogens is 1. The van der Waals surface area contributed by atoms with Crippen LogP contribution in [0.1, 0.15) is 43.6 Å². The molecule has 1 amide bonds. The summed E-state index contributed by atoms with van der Waals surface area (Å²) in [4.78, 5) is 12.6. The second-order valence-electron chi connectivity index (χ2n) is 8.26. The van der Waals surface area contributed by atoms with Crippen LogP contribution in [0.3, 0.4) is 0 Å². The van der Waals surface area contributed by atoms with Crippen LogP contribution in [0, 0.1) is 23.7 Å². The molecule has 0 bridgehead atoms. The van der Waals surface area contributed by atoms with E-state index >= 15 is 0 Å². The van der Waals surface area contributed by atoms with E-state index in [0.29, 0.717) is 23.1 Å². The average Bonchev–Trinajstić information content (AvgIpc) is 2.86.